The lowest BCUT2D eigenvalue weighted by molar-refractivity contribution is -0.322. The molecule has 2 N–H and O–H groups in total. The number of rotatable bonds is 4. The Morgan fingerprint density at radius 2 is 2.06 bits per heavy atom. The third-order valence-electron chi connectivity index (χ3n) is 1.82. The molecule has 2 nitrogen and oxygen atoms in total. The fraction of sp³-hybridized carbons (Fsp3) is 0.400. The van der Waals surface area contributed by atoms with E-state index < -0.39 is 6.36 Å². The minimum absolute atomic E-state index is 0.240. The zero-order valence-corrected chi connectivity index (χ0v) is 9.49. The molecular formula is C10H12F3NOS. The van der Waals surface area contributed by atoms with Gasteiger partial charge >= 0.3 is 6.36 Å². The third-order valence-corrected chi connectivity index (χ3v) is 2.94. The van der Waals surface area contributed by atoms with Gasteiger partial charge in [-0.1, -0.05) is 6.07 Å². The lowest BCUT2D eigenvalue weighted by Crippen LogP contribution is -2.15. The molecule has 0 saturated carbocycles. The molecule has 0 fully saturated rings. The van der Waals surface area contributed by atoms with E-state index in [4.69, 9.17) is 5.73 Å². The Labute approximate surface area is 96.0 Å². The van der Waals surface area contributed by atoms with Gasteiger partial charge in [-0.05, 0) is 24.6 Å². The number of halogens is 3. The minimum Gasteiger partial charge on any atom is -0.399 e. The molecular weight excluding hydrogens is 239 g/mol. The van der Waals surface area contributed by atoms with E-state index in [0.29, 0.717) is 5.69 Å². The van der Waals surface area contributed by atoms with E-state index in [1.54, 1.807) is 12.1 Å². The summed E-state index contributed by atoms with van der Waals surface area (Å²) in [6.45, 7) is 1.52. The van der Waals surface area contributed by atoms with Crippen LogP contribution in [0.25, 0.3) is 0 Å². The summed E-state index contributed by atoms with van der Waals surface area (Å²) in [7, 11) is 0. The van der Waals surface area contributed by atoms with Crippen molar-refractivity contribution in [1.29, 1.82) is 0 Å². The molecule has 0 aromatic heterocycles. The van der Waals surface area contributed by atoms with Gasteiger partial charge < -0.3 is 5.73 Å². The van der Waals surface area contributed by atoms with E-state index in [-0.39, 0.29) is 12.4 Å². The molecule has 1 rings (SSSR count). The van der Waals surface area contributed by atoms with E-state index >= 15 is 0 Å². The monoisotopic (exact) mass is 251 g/mol. The van der Waals surface area contributed by atoms with Gasteiger partial charge in [-0.2, -0.15) is 0 Å². The van der Waals surface area contributed by atoms with Gasteiger partial charge in [-0.3, -0.25) is 4.74 Å². The predicted molar refractivity (Wildman–Crippen MR) is 58.3 cm³/mol. The highest BCUT2D eigenvalue weighted by Gasteiger charge is 2.28. The predicted octanol–water partition coefficient (Wildman–Crippen LogP) is 3.21. The summed E-state index contributed by atoms with van der Waals surface area (Å²) in [5.41, 5.74) is 7.17. The standard InChI is InChI=1S/C10H12F3NOS/c1-7-2-3-8(14)6-9(7)16-5-4-15-10(11,12)13/h2-3,6H,4-5,14H2,1H3. The number of ether oxygens (including phenoxy) is 1. The first-order chi connectivity index (χ1) is 7.38. The molecule has 90 valence electrons. The first-order valence-corrected chi connectivity index (χ1v) is 5.56. The van der Waals surface area contributed by atoms with Crippen molar-refractivity contribution in [3.63, 3.8) is 0 Å². The first kappa shape index (κ1) is 13.2. The summed E-state index contributed by atoms with van der Waals surface area (Å²) in [5, 5.41) is 0. The van der Waals surface area contributed by atoms with Crippen LogP contribution in [0.3, 0.4) is 0 Å². The Bertz CT molecular complexity index is 354. The highest BCUT2D eigenvalue weighted by atomic mass is 32.2. The normalized spacial score (nSPS) is 11.8. The average Bonchev–Trinajstić information content (AvgIpc) is 2.16. The number of benzene rings is 1. The molecule has 0 atom stereocenters. The van der Waals surface area contributed by atoms with E-state index in [0.717, 1.165) is 10.5 Å². The van der Waals surface area contributed by atoms with Gasteiger partial charge in [0, 0.05) is 16.3 Å². The van der Waals surface area contributed by atoms with Crippen LogP contribution in [0.5, 0.6) is 0 Å². The van der Waals surface area contributed by atoms with Gasteiger partial charge in [-0.15, -0.1) is 24.9 Å². The van der Waals surface area contributed by atoms with E-state index in [1.807, 2.05) is 13.0 Å². The van der Waals surface area contributed by atoms with Crippen LogP contribution in [0.4, 0.5) is 18.9 Å². The quantitative estimate of drug-likeness (QED) is 0.507. The Morgan fingerprint density at radius 1 is 1.38 bits per heavy atom. The maximum absolute atomic E-state index is 11.7. The zero-order chi connectivity index (χ0) is 12.2. The smallest absolute Gasteiger partial charge is 0.399 e. The van der Waals surface area contributed by atoms with Crippen LogP contribution < -0.4 is 5.73 Å². The number of hydrogen-bond acceptors (Lipinski definition) is 3. The Morgan fingerprint density at radius 3 is 2.69 bits per heavy atom. The minimum atomic E-state index is -4.55. The SMILES string of the molecule is Cc1ccc(N)cc1SCCOC(F)(F)F. The second-order valence-corrected chi connectivity index (χ2v) is 4.30. The number of alkyl halides is 3. The molecule has 1 aromatic carbocycles. The zero-order valence-electron chi connectivity index (χ0n) is 8.67. The van der Waals surface area contributed by atoms with Gasteiger partial charge in [-0.25, -0.2) is 0 Å². The summed E-state index contributed by atoms with van der Waals surface area (Å²) >= 11 is 1.30. The van der Waals surface area contributed by atoms with Crippen molar-refractivity contribution in [2.75, 3.05) is 18.1 Å². The lowest BCUT2D eigenvalue weighted by atomic mass is 10.2. The fourth-order valence-electron chi connectivity index (χ4n) is 1.08. The summed E-state index contributed by atoms with van der Waals surface area (Å²) in [5.74, 6) is 0.240. The van der Waals surface area contributed by atoms with Crippen molar-refractivity contribution in [3.05, 3.63) is 23.8 Å². The summed E-state index contributed by atoms with van der Waals surface area (Å²) in [6, 6.07) is 5.33. The molecule has 0 amide bonds. The lowest BCUT2D eigenvalue weighted by Gasteiger charge is -2.08. The molecule has 0 radical (unpaired) electrons. The molecule has 0 aliphatic carbocycles. The van der Waals surface area contributed by atoms with Gasteiger partial charge in [0.1, 0.15) is 0 Å². The van der Waals surface area contributed by atoms with Crippen molar-refractivity contribution >= 4 is 17.4 Å². The second-order valence-electron chi connectivity index (χ2n) is 3.17. The van der Waals surface area contributed by atoms with Crippen LogP contribution in [-0.2, 0) is 4.74 Å². The molecule has 1 aromatic rings. The molecule has 16 heavy (non-hydrogen) atoms. The molecule has 0 aliphatic heterocycles. The van der Waals surface area contributed by atoms with Gasteiger partial charge in [0.25, 0.3) is 0 Å². The highest BCUT2D eigenvalue weighted by Crippen LogP contribution is 2.25. The van der Waals surface area contributed by atoms with Crippen molar-refractivity contribution in [2.45, 2.75) is 18.2 Å². The van der Waals surface area contributed by atoms with Crippen LogP contribution in [0.15, 0.2) is 23.1 Å². The maximum atomic E-state index is 11.7. The maximum Gasteiger partial charge on any atom is 0.522 e. The van der Waals surface area contributed by atoms with Gasteiger partial charge in [0.05, 0.1) is 6.61 Å². The van der Waals surface area contributed by atoms with Crippen LogP contribution in [-0.4, -0.2) is 18.7 Å². The molecule has 0 heterocycles. The van der Waals surface area contributed by atoms with Crippen LogP contribution in [0, 0.1) is 6.92 Å². The number of anilines is 1. The van der Waals surface area contributed by atoms with Crippen molar-refractivity contribution in [2.24, 2.45) is 0 Å². The molecule has 6 heteroatoms. The summed E-state index contributed by atoms with van der Waals surface area (Å²) in [6.07, 6.45) is -4.55. The van der Waals surface area contributed by atoms with Crippen molar-refractivity contribution in [1.82, 2.24) is 0 Å². The average molecular weight is 251 g/mol. The van der Waals surface area contributed by atoms with Crippen LogP contribution >= 0.6 is 11.8 Å². The first-order valence-electron chi connectivity index (χ1n) is 4.58. The number of hydrogen-bond donors (Lipinski definition) is 1. The highest BCUT2D eigenvalue weighted by molar-refractivity contribution is 7.99. The number of nitrogens with two attached hydrogens (primary N) is 1. The van der Waals surface area contributed by atoms with Crippen LogP contribution in [0.2, 0.25) is 0 Å². The molecule has 0 saturated heterocycles. The van der Waals surface area contributed by atoms with Gasteiger partial charge in [0.15, 0.2) is 0 Å². The third kappa shape index (κ3) is 4.76. The Kier molecular flexibility index (Phi) is 4.49. The van der Waals surface area contributed by atoms with Crippen LogP contribution in [0.1, 0.15) is 5.56 Å². The number of thioether (sulfide) groups is 1. The second kappa shape index (κ2) is 5.45. The van der Waals surface area contributed by atoms with E-state index in [1.165, 1.54) is 11.8 Å². The molecule has 0 bridgehead atoms. The fourth-order valence-corrected chi connectivity index (χ4v) is 1.98. The van der Waals surface area contributed by atoms with E-state index in [2.05, 4.69) is 4.74 Å². The Balaban J connectivity index is 2.40. The molecule has 0 unspecified atom stereocenters. The molecule has 0 spiro atoms. The number of aryl methyl sites for hydroxylation is 1. The van der Waals surface area contributed by atoms with E-state index in [9.17, 15) is 13.2 Å². The summed E-state index contributed by atoms with van der Waals surface area (Å²) in [4.78, 5) is 0.880. The van der Waals surface area contributed by atoms with Crippen molar-refractivity contribution < 1.29 is 17.9 Å². The Hall–Kier alpha value is -0.880. The topological polar surface area (TPSA) is 35.2 Å². The summed E-state index contributed by atoms with van der Waals surface area (Å²) < 4.78 is 38.7. The van der Waals surface area contributed by atoms with Crippen molar-refractivity contribution in [3.8, 4) is 0 Å². The molecule has 0 aliphatic rings. The largest absolute Gasteiger partial charge is 0.522 e. The number of nitrogen functional groups attached to an aromatic ring is 1. The van der Waals surface area contributed by atoms with Gasteiger partial charge in [0.2, 0.25) is 0 Å².